The van der Waals surface area contributed by atoms with Crippen molar-refractivity contribution in [3.05, 3.63) is 66.4 Å². The first-order chi connectivity index (χ1) is 12.9. The van der Waals surface area contributed by atoms with Crippen LogP contribution in [-0.4, -0.2) is 20.5 Å². The number of nitrogens with two attached hydrogens (primary N) is 1. The van der Waals surface area contributed by atoms with Crippen molar-refractivity contribution in [2.24, 2.45) is 5.14 Å². The summed E-state index contributed by atoms with van der Waals surface area (Å²) in [7, 11) is -2.51. The highest BCUT2D eigenvalue weighted by Gasteiger charge is 2.18. The van der Waals surface area contributed by atoms with Crippen molar-refractivity contribution in [3.63, 3.8) is 0 Å². The first-order valence-corrected chi connectivity index (χ1v) is 9.30. The average molecular weight is 381 g/mol. The summed E-state index contributed by atoms with van der Waals surface area (Å²) in [5.74, 6) is 0.930. The molecule has 3 rings (SSSR count). The molecule has 0 spiro atoms. The molecule has 7 nitrogen and oxygen atoms in total. The molecule has 0 unspecified atom stereocenters. The molecule has 0 amide bonds. The summed E-state index contributed by atoms with van der Waals surface area (Å²) in [5.41, 5.74) is 1.86. The lowest BCUT2D eigenvalue weighted by atomic mass is 10.1. The summed E-state index contributed by atoms with van der Waals surface area (Å²) in [6.45, 7) is 0. The Morgan fingerprint density at radius 3 is 2.41 bits per heavy atom. The van der Waals surface area contributed by atoms with Gasteiger partial charge in [0.05, 0.1) is 12.7 Å². The summed E-state index contributed by atoms with van der Waals surface area (Å²) in [5, 5.41) is 14.1. The third-order valence-corrected chi connectivity index (χ3v) is 4.63. The third kappa shape index (κ3) is 4.23. The molecule has 1 heterocycles. The molecule has 0 aliphatic rings. The number of nitrogens with zero attached hydrogens (tertiary/aromatic N) is 2. The fourth-order valence-corrected chi connectivity index (χ4v) is 3.04. The molecular weight excluding hydrogens is 366 g/mol. The van der Waals surface area contributed by atoms with E-state index in [9.17, 15) is 8.42 Å². The number of pyridine rings is 1. The Bertz CT molecular complexity index is 1120. The van der Waals surface area contributed by atoms with Gasteiger partial charge < -0.3 is 9.47 Å². The highest BCUT2D eigenvalue weighted by molar-refractivity contribution is 7.89. The van der Waals surface area contributed by atoms with Gasteiger partial charge in [0.15, 0.2) is 0 Å². The molecule has 136 valence electrons. The largest absolute Gasteiger partial charge is 0.497 e. The summed E-state index contributed by atoms with van der Waals surface area (Å²) in [6.07, 6.45) is 1.22. The second kappa shape index (κ2) is 7.45. The second-order valence-electron chi connectivity index (χ2n) is 5.54. The molecule has 1 aromatic heterocycles. The van der Waals surface area contributed by atoms with Crippen LogP contribution in [0.1, 0.15) is 5.56 Å². The molecular formula is C19H15N3O4S. The van der Waals surface area contributed by atoms with Crippen molar-refractivity contribution in [2.75, 3.05) is 7.11 Å². The van der Waals surface area contributed by atoms with E-state index >= 15 is 0 Å². The lowest BCUT2D eigenvalue weighted by Crippen LogP contribution is -2.14. The molecule has 0 bridgehead atoms. The van der Waals surface area contributed by atoms with Crippen LogP contribution in [0.3, 0.4) is 0 Å². The zero-order valence-electron chi connectivity index (χ0n) is 14.3. The van der Waals surface area contributed by atoms with Crippen molar-refractivity contribution in [2.45, 2.75) is 4.90 Å². The monoisotopic (exact) mass is 381 g/mol. The van der Waals surface area contributed by atoms with Crippen LogP contribution >= 0.6 is 0 Å². The number of aromatic nitrogens is 1. The molecule has 0 saturated carbocycles. The average Bonchev–Trinajstić information content (AvgIpc) is 2.68. The fourth-order valence-electron chi connectivity index (χ4n) is 2.41. The topological polar surface area (TPSA) is 115 Å². The molecule has 0 aliphatic carbocycles. The van der Waals surface area contributed by atoms with Gasteiger partial charge in [0.25, 0.3) is 0 Å². The van der Waals surface area contributed by atoms with Gasteiger partial charge in [-0.2, -0.15) is 5.26 Å². The molecule has 0 fully saturated rings. The highest BCUT2D eigenvalue weighted by atomic mass is 32.2. The second-order valence-corrected chi connectivity index (χ2v) is 7.07. The van der Waals surface area contributed by atoms with Crippen LogP contribution in [0.15, 0.2) is 65.7 Å². The van der Waals surface area contributed by atoms with Gasteiger partial charge in [0.1, 0.15) is 22.5 Å². The molecule has 0 atom stereocenters. The lowest BCUT2D eigenvalue weighted by Gasteiger charge is -2.10. The fraction of sp³-hybridized carbons (Fsp3) is 0.0526. The Morgan fingerprint density at radius 2 is 1.78 bits per heavy atom. The number of rotatable bonds is 5. The normalized spacial score (nSPS) is 10.9. The minimum atomic E-state index is -4.11. The van der Waals surface area contributed by atoms with Gasteiger partial charge in [0.2, 0.25) is 15.9 Å². The van der Waals surface area contributed by atoms with E-state index in [1.807, 2.05) is 36.4 Å². The van der Waals surface area contributed by atoms with Crippen molar-refractivity contribution in [1.29, 1.82) is 5.26 Å². The number of methoxy groups -OCH3 is 1. The van der Waals surface area contributed by atoms with Gasteiger partial charge in [-0.05, 0) is 41.5 Å². The molecule has 8 heteroatoms. The van der Waals surface area contributed by atoms with Crippen LogP contribution in [0.5, 0.6) is 17.4 Å². The van der Waals surface area contributed by atoms with Crippen molar-refractivity contribution >= 4 is 10.0 Å². The maximum Gasteiger partial charge on any atom is 0.243 e. The van der Waals surface area contributed by atoms with Crippen molar-refractivity contribution in [1.82, 2.24) is 4.98 Å². The predicted molar refractivity (Wildman–Crippen MR) is 98.8 cm³/mol. The van der Waals surface area contributed by atoms with Crippen molar-refractivity contribution < 1.29 is 17.9 Å². The van der Waals surface area contributed by atoms with Gasteiger partial charge in [-0.1, -0.05) is 24.3 Å². The van der Waals surface area contributed by atoms with Crippen molar-refractivity contribution in [3.8, 4) is 34.6 Å². The van der Waals surface area contributed by atoms with E-state index in [1.165, 1.54) is 6.20 Å². The molecule has 2 N–H and O–H groups in total. The number of hydrogen-bond acceptors (Lipinski definition) is 6. The molecule has 0 saturated heterocycles. The summed E-state index contributed by atoms with van der Waals surface area (Å²) in [6, 6.07) is 17.5. The first-order valence-electron chi connectivity index (χ1n) is 7.76. The van der Waals surface area contributed by atoms with Gasteiger partial charge >= 0.3 is 0 Å². The van der Waals surface area contributed by atoms with E-state index < -0.39 is 10.0 Å². The minimum Gasteiger partial charge on any atom is -0.497 e. The Balaban J connectivity index is 1.96. The quantitative estimate of drug-likeness (QED) is 0.726. The van der Waals surface area contributed by atoms with E-state index in [0.717, 1.165) is 22.9 Å². The molecule has 0 aliphatic heterocycles. The highest BCUT2D eigenvalue weighted by Crippen LogP contribution is 2.30. The van der Waals surface area contributed by atoms with E-state index in [2.05, 4.69) is 4.98 Å². The predicted octanol–water partition coefficient (Wildman–Crippen LogP) is 3.07. The summed E-state index contributed by atoms with van der Waals surface area (Å²) in [4.78, 5) is 3.57. The first kappa shape index (κ1) is 18.4. The third-order valence-electron chi connectivity index (χ3n) is 3.73. The molecule has 27 heavy (non-hydrogen) atoms. The van der Waals surface area contributed by atoms with Gasteiger partial charge in [-0.25, -0.2) is 18.5 Å². The maximum absolute atomic E-state index is 11.8. The number of benzene rings is 2. The lowest BCUT2D eigenvalue weighted by molar-refractivity contribution is 0.415. The van der Waals surface area contributed by atoms with Crippen LogP contribution in [-0.2, 0) is 10.0 Å². The molecule has 2 aromatic carbocycles. The van der Waals surface area contributed by atoms with Crippen LogP contribution in [0.4, 0.5) is 0 Å². The Hall–Kier alpha value is -3.41. The number of sulfonamides is 1. The zero-order valence-corrected chi connectivity index (χ0v) is 15.1. The van der Waals surface area contributed by atoms with Crippen LogP contribution in [0.2, 0.25) is 0 Å². The molecule has 0 radical (unpaired) electrons. The van der Waals surface area contributed by atoms with E-state index in [1.54, 1.807) is 25.3 Å². The van der Waals surface area contributed by atoms with Gasteiger partial charge in [0, 0.05) is 6.20 Å². The Labute approximate surface area is 156 Å². The number of hydrogen-bond donors (Lipinski definition) is 1. The van der Waals surface area contributed by atoms with Crippen LogP contribution < -0.4 is 14.6 Å². The van der Waals surface area contributed by atoms with Gasteiger partial charge in [-0.15, -0.1) is 0 Å². The number of primary sulfonamides is 1. The van der Waals surface area contributed by atoms with Gasteiger partial charge in [-0.3, -0.25) is 0 Å². The smallest absolute Gasteiger partial charge is 0.243 e. The van der Waals surface area contributed by atoms with E-state index in [0.29, 0.717) is 5.75 Å². The standard InChI is InChI=1S/C19H15N3O4S/c1-25-16-7-5-14(6-8-16)15-3-2-4-17(10-15)26-19-18(27(21,23)24)9-13(11-20)12-22-19/h2-10,12H,1H3,(H2,21,23,24). The minimum absolute atomic E-state index is 0.0679. The van der Waals surface area contributed by atoms with Crippen LogP contribution in [0.25, 0.3) is 11.1 Å². The Kier molecular flexibility index (Phi) is 5.07. The number of ether oxygens (including phenoxy) is 2. The number of nitriles is 1. The van der Waals surface area contributed by atoms with E-state index in [-0.39, 0.29) is 16.3 Å². The summed E-state index contributed by atoms with van der Waals surface area (Å²) < 4.78 is 34.4. The van der Waals surface area contributed by atoms with E-state index in [4.69, 9.17) is 19.9 Å². The zero-order chi connectivity index (χ0) is 19.4. The Morgan fingerprint density at radius 1 is 1.04 bits per heavy atom. The SMILES string of the molecule is COc1ccc(-c2cccc(Oc3ncc(C#N)cc3S(N)(=O)=O)c2)cc1. The summed E-state index contributed by atoms with van der Waals surface area (Å²) >= 11 is 0. The maximum atomic E-state index is 11.8. The molecule has 3 aromatic rings. The van der Waals surface area contributed by atoms with Crippen LogP contribution in [0, 0.1) is 11.3 Å².